The predicted molar refractivity (Wildman–Crippen MR) is 53.4 cm³/mol. The van der Waals surface area contributed by atoms with E-state index in [0.717, 1.165) is 12.8 Å². The molecular weight excluding hydrogens is 196 g/mol. The highest BCUT2D eigenvalue weighted by Gasteiger charge is 2.14. The number of carbonyl (C=O) groups excluding carboxylic acids is 1. The second-order valence-electron chi connectivity index (χ2n) is 2.41. The molecule has 0 aliphatic heterocycles. The van der Waals surface area contributed by atoms with Crippen molar-refractivity contribution in [2.75, 3.05) is 0 Å². The van der Waals surface area contributed by atoms with Crippen LogP contribution in [0.25, 0.3) is 0 Å². The topological polar surface area (TPSA) is 46.5 Å². The summed E-state index contributed by atoms with van der Waals surface area (Å²) in [7, 11) is 0. The molecule has 0 aromatic carbocycles. The van der Waals surface area contributed by atoms with Gasteiger partial charge in [-0.25, -0.2) is 4.79 Å². The molecular formula is C7H14O3S2. The number of aliphatic hydroxyl groups is 1. The predicted octanol–water partition coefficient (Wildman–Crippen LogP) is 1.22. The molecule has 0 aromatic rings. The van der Waals surface area contributed by atoms with Crippen molar-refractivity contribution in [2.45, 2.75) is 37.1 Å². The monoisotopic (exact) mass is 210 g/mol. The molecule has 0 aromatic heterocycles. The zero-order valence-corrected chi connectivity index (χ0v) is 8.72. The Morgan fingerprint density at radius 2 is 2.17 bits per heavy atom. The molecule has 0 aliphatic rings. The van der Waals surface area contributed by atoms with Crippen LogP contribution in [0.1, 0.15) is 26.2 Å². The van der Waals surface area contributed by atoms with Crippen LogP contribution in [-0.4, -0.2) is 21.9 Å². The Labute approximate surface area is 83.3 Å². The summed E-state index contributed by atoms with van der Waals surface area (Å²) in [5.41, 5.74) is 0. The average molecular weight is 210 g/mol. The number of ether oxygens (including phenoxy) is 1. The van der Waals surface area contributed by atoms with Crippen molar-refractivity contribution in [1.82, 2.24) is 0 Å². The third-order valence-corrected chi connectivity index (χ3v) is 1.69. The average Bonchev–Trinajstić information content (AvgIpc) is 2.00. The summed E-state index contributed by atoms with van der Waals surface area (Å²) in [6.45, 7) is 1.99. The summed E-state index contributed by atoms with van der Waals surface area (Å²) >= 11 is 7.47. The number of thiol groups is 2. The van der Waals surface area contributed by atoms with Crippen LogP contribution in [0.15, 0.2) is 0 Å². The Bertz CT molecular complexity index is 139. The van der Waals surface area contributed by atoms with E-state index in [0.29, 0.717) is 6.42 Å². The van der Waals surface area contributed by atoms with Gasteiger partial charge < -0.3 is 9.84 Å². The zero-order valence-electron chi connectivity index (χ0n) is 6.93. The van der Waals surface area contributed by atoms with Crippen LogP contribution >= 0.6 is 25.3 Å². The maximum atomic E-state index is 10.8. The second-order valence-corrected chi connectivity index (χ2v) is 3.85. The molecule has 0 saturated carbocycles. The molecule has 0 fully saturated rings. The van der Waals surface area contributed by atoms with Crippen molar-refractivity contribution >= 4 is 31.2 Å². The molecule has 0 spiro atoms. The van der Waals surface area contributed by atoms with E-state index < -0.39 is 16.8 Å². The summed E-state index contributed by atoms with van der Waals surface area (Å²) in [6.07, 6.45) is 1.24. The summed E-state index contributed by atoms with van der Waals surface area (Å²) in [4.78, 5) is 10.8. The Hall–Kier alpha value is 0.130. The van der Waals surface area contributed by atoms with E-state index in [2.05, 4.69) is 30.0 Å². The van der Waals surface area contributed by atoms with E-state index in [9.17, 15) is 4.79 Å². The number of hydrogen-bond donors (Lipinski definition) is 3. The first-order valence-corrected chi connectivity index (χ1v) is 4.86. The van der Waals surface area contributed by atoms with Gasteiger partial charge in [0.1, 0.15) is 4.58 Å². The first-order chi connectivity index (χ1) is 5.57. The minimum atomic E-state index is -1.01. The Balaban J connectivity index is 3.54. The molecule has 0 aliphatic carbocycles. The highest BCUT2D eigenvalue weighted by Crippen LogP contribution is 2.07. The van der Waals surface area contributed by atoms with Gasteiger partial charge in [-0.1, -0.05) is 13.3 Å². The molecule has 3 nitrogen and oxygen atoms in total. The number of rotatable bonds is 5. The van der Waals surface area contributed by atoms with Gasteiger partial charge in [0.2, 0.25) is 6.29 Å². The van der Waals surface area contributed by atoms with Crippen molar-refractivity contribution in [3.05, 3.63) is 0 Å². The molecule has 0 saturated heterocycles. The first kappa shape index (κ1) is 12.1. The van der Waals surface area contributed by atoms with E-state index in [1.807, 2.05) is 6.92 Å². The van der Waals surface area contributed by atoms with E-state index in [4.69, 9.17) is 5.11 Å². The number of unbranched alkanes of at least 4 members (excludes halogenated alkanes) is 1. The van der Waals surface area contributed by atoms with Crippen LogP contribution < -0.4 is 0 Å². The lowest BCUT2D eigenvalue weighted by atomic mass is 10.2. The smallest absolute Gasteiger partial charge is 0.331 e. The van der Waals surface area contributed by atoms with Gasteiger partial charge in [-0.3, -0.25) is 0 Å². The van der Waals surface area contributed by atoms with Gasteiger partial charge in [0.25, 0.3) is 0 Å². The number of carbonyl (C=O) groups is 1. The number of aliphatic hydroxyl groups excluding tert-OH is 1. The number of hydrogen-bond acceptors (Lipinski definition) is 5. The Morgan fingerprint density at radius 1 is 1.58 bits per heavy atom. The lowest BCUT2D eigenvalue weighted by Crippen LogP contribution is -2.21. The van der Waals surface area contributed by atoms with Crippen molar-refractivity contribution < 1.29 is 14.6 Å². The summed E-state index contributed by atoms with van der Waals surface area (Å²) in [5.74, 6) is -0.606. The highest BCUT2D eigenvalue weighted by atomic mass is 32.2. The molecule has 5 heteroatoms. The van der Waals surface area contributed by atoms with Crippen LogP contribution in [-0.2, 0) is 9.53 Å². The third-order valence-electron chi connectivity index (χ3n) is 1.27. The zero-order chi connectivity index (χ0) is 9.56. The van der Waals surface area contributed by atoms with E-state index in [1.165, 1.54) is 0 Å². The molecule has 0 heterocycles. The lowest BCUT2D eigenvalue weighted by molar-refractivity contribution is -0.166. The summed E-state index contributed by atoms with van der Waals surface area (Å²) < 4.78 is 3.80. The third kappa shape index (κ3) is 5.74. The van der Waals surface area contributed by atoms with Gasteiger partial charge in [0.05, 0.1) is 0 Å². The fourth-order valence-electron chi connectivity index (χ4n) is 0.633. The van der Waals surface area contributed by atoms with Crippen LogP contribution in [0.5, 0.6) is 0 Å². The van der Waals surface area contributed by atoms with Crippen LogP contribution in [0, 0.1) is 0 Å². The fourth-order valence-corrected chi connectivity index (χ4v) is 0.754. The second kappa shape index (κ2) is 6.62. The van der Waals surface area contributed by atoms with Gasteiger partial charge in [-0.05, 0) is 6.42 Å². The van der Waals surface area contributed by atoms with Crippen molar-refractivity contribution in [3.63, 3.8) is 0 Å². The molecule has 0 radical (unpaired) electrons. The standard InChI is InChI=1S/C7H14O3S2/c1-2-3-4-5(8)10-6(9)7(11)12/h5,7-8,11-12H,2-4H2,1H3. The van der Waals surface area contributed by atoms with Gasteiger partial charge in [0.15, 0.2) is 0 Å². The Morgan fingerprint density at radius 3 is 2.58 bits per heavy atom. The van der Waals surface area contributed by atoms with Gasteiger partial charge >= 0.3 is 5.97 Å². The van der Waals surface area contributed by atoms with Crippen molar-refractivity contribution in [1.29, 1.82) is 0 Å². The largest absolute Gasteiger partial charge is 0.435 e. The van der Waals surface area contributed by atoms with Crippen LogP contribution in [0.3, 0.4) is 0 Å². The molecule has 1 N–H and O–H groups in total. The molecule has 1 atom stereocenters. The van der Waals surface area contributed by atoms with Crippen molar-refractivity contribution in [2.24, 2.45) is 0 Å². The molecule has 0 bridgehead atoms. The minimum absolute atomic E-state index is 0.469. The maximum absolute atomic E-state index is 10.8. The first-order valence-electron chi connectivity index (χ1n) is 3.82. The van der Waals surface area contributed by atoms with Gasteiger partial charge in [0, 0.05) is 6.42 Å². The summed E-state index contributed by atoms with van der Waals surface area (Å²) in [6, 6.07) is 0. The normalized spacial score (nSPS) is 13.1. The lowest BCUT2D eigenvalue weighted by Gasteiger charge is -2.12. The quantitative estimate of drug-likeness (QED) is 0.363. The maximum Gasteiger partial charge on any atom is 0.331 e. The van der Waals surface area contributed by atoms with Gasteiger partial charge in [-0.15, -0.1) is 0 Å². The molecule has 72 valence electrons. The van der Waals surface area contributed by atoms with Crippen LogP contribution in [0.2, 0.25) is 0 Å². The van der Waals surface area contributed by atoms with E-state index >= 15 is 0 Å². The summed E-state index contributed by atoms with van der Waals surface area (Å²) in [5, 5.41) is 9.09. The molecule has 1 unspecified atom stereocenters. The van der Waals surface area contributed by atoms with Gasteiger partial charge in [-0.2, -0.15) is 25.3 Å². The Kier molecular flexibility index (Phi) is 6.70. The molecule has 12 heavy (non-hydrogen) atoms. The molecule has 0 rings (SSSR count). The minimum Gasteiger partial charge on any atom is -0.435 e. The fraction of sp³-hybridized carbons (Fsp3) is 0.857. The number of esters is 1. The highest BCUT2D eigenvalue weighted by molar-refractivity contribution is 8.00. The van der Waals surface area contributed by atoms with Crippen molar-refractivity contribution in [3.8, 4) is 0 Å². The van der Waals surface area contributed by atoms with Crippen LogP contribution in [0.4, 0.5) is 0 Å². The van der Waals surface area contributed by atoms with E-state index in [-0.39, 0.29) is 0 Å². The molecule has 0 amide bonds. The van der Waals surface area contributed by atoms with E-state index in [1.54, 1.807) is 0 Å². The SMILES string of the molecule is CCCCC(O)OC(=O)C(S)S.